The monoisotopic (exact) mass is 482 g/mol. The molecule has 1 aliphatic heterocycles. The molecule has 2 aromatic rings. The third-order valence-electron chi connectivity index (χ3n) is 4.87. The SMILES string of the molecule is CCNC(=NCc1cccc2ccccc12)NCC(C)N1CCOCC1.I. The molecule has 0 spiro atoms. The van der Waals surface area contributed by atoms with Crippen LogP contribution in [0.3, 0.4) is 0 Å². The van der Waals surface area contributed by atoms with Gasteiger partial charge in [0.25, 0.3) is 0 Å². The fourth-order valence-electron chi connectivity index (χ4n) is 3.33. The molecule has 148 valence electrons. The fraction of sp³-hybridized carbons (Fsp3) is 0.476. The first-order valence-electron chi connectivity index (χ1n) is 9.58. The predicted molar refractivity (Wildman–Crippen MR) is 124 cm³/mol. The highest BCUT2D eigenvalue weighted by molar-refractivity contribution is 14.0. The van der Waals surface area contributed by atoms with Crippen LogP contribution in [0.2, 0.25) is 0 Å². The van der Waals surface area contributed by atoms with Crippen LogP contribution in [0.5, 0.6) is 0 Å². The molecule has 1 aliphatic rings. The molecule has 5 nitrogen and oxygen atoms in total. The first-order valence-corrected chi connectivity index (χ1v) is 9.58. The number of morpholine rings is 1. The zero-order valence-corrected chi connectivity index (χ0v) is 18.6. The number of fused-ring (bicyclic) bond motifs is 1. The largest absolute Gasteiger partial charge is 0.379 e. The van der Waals surface area contributed by atoms with Crippen LogP contribution in [0.4, 0.5) is 0 Å². The van der Waals surface area contributed by atoms with Crippen molar-refractivity contribution in [2.75, 3.05) is 39.4 Å². The van der Waals surface area contributed by atoms with Gasteiger partial charge in [0, 0.05) is 32.2 Å². The minimum atomic E-state index is 0. The molecule has 0 bridgehead atoms. The Kier molecular flexibility index (Phi) is 9.30. The number of ether oxygens (including phenoxy) is 1. The molecule has 0 aromatic heterocycles. The van der Waals surface area contributed by atoms with Gasteiger partial charge in [-0.15, -0.1) is 24.0 Å². The Hall–Kier alpha value is -1.38. The maximum Gasteiger partial charge on any atom is 0.191 e. The number of nitrogens with zero attached hydrogens (tertiary/aromatic N) is 2. The van der Waals surface area contributed by atoms with Crippen molar-refractivity contribution < 1.29 is 4.74 Å². The Bertz CT molecular complexity index is 726. The van der Waals surface area contributed by atoms with Crippen LogP contribution in [-0.4, -0.2) is 56.3 Å². The van der Waals surface area contributed by atoms with Crippen LogP contribution >= 0.6 is 24.0 Å². The van der Waals surface area contributed by atoms with Gasteiger partial charge in [0.1, 0.15) is 0 Å². The van der Waals surface area contributed by atoms with Crippen molar-refractivity contribution >= 4 is 40.7 Å². The summed E-state index contributed by atoms with van der Waals surface area (Å²) >= 11 is 0. The number of hydrogen-bond acceptors (Lipinski definition) is 3. The zero-order chi connectivity index (χ0) is 18.2. The van der Waals surface area contributed by atoms with E-state index in [9.17, 15) is 0 Å². The van der Waals surface area contributed by atoms with Crippen LogP contribution in [0.25, 0.3) is 10.8 Å². The highest BCUT2D eigenvalue weighted by atomic mass is 127. The summed E-state index contributed by atoms with van der Waals surface area (Å²) in [6, 6.07) is 15.4. The summed E-state index contributed by atoms with van der Waals surface area (Å²) in [6.07, 6.45) is 0. The third-order valence-corrected chi connectivity index (χ3v) is 4.87. The van der Waals surface area contributed by atoms with E-state index in [1.54, 1.807) is 0 Å². The van der Waals surface area contributed by atoms with Crippen molar-refractivity contribution in [1.29, 1.82) is 0 Å². The lowest BCUT2D eigenvalue weighted by molar-refractivity contribution is 0.0211. The van der Waals surface area contributed by atoms with Gasteiger partial charge < -0.3 is 15.4 Å². The summed E-state index contributed by atoms with van der Waals surface area (Å²) in [5, 5.41) is 9.38. The third kappa shape index (κ3) is 6.33. The quantitative estimate of drug-likeness (QED) is 0.377. The van der Waals surface area contributed by atoms with E-state index in [0.717, 1.165) is 45.4 Å². The lowest BCUT2D eigenvalue weighted by atomic mass is 10.1. The summed E-state index contributed by atoms with van der Waals surface area (Å²) in [4.78, 5) is 7.27. The Morgan fingerprint density at radius 3 is 2.63 bits per heavy atom. The molecule has 0 saturated carbocycles. The van der Waals surface area contributed by atoms with Crippen LogP contribution in [0, 0.1) is 0 Å². The second kappa shape index (κ2) is 11.5. The molecular formula is C21H31IN4O. The molecule has 2 N–H and O–H groups in total. The lowest BCUT2D eigenvalue weighted by Crippen LogP contribution is -2.49. The molecule has 0 aliphatic carbocycles. The Balaban J connectivity index is 0.00000261. The summed E-state index contributed by atoms with van der Waals surface area (Å²) < 4.78 is 5.44. The minimum Gasteiger partial charge on any atom is -0.379 e. The second-order valence-corrected chi connectivity index (χ2v) is 6.71. The molecule has 1 unspecified atom stereocenters. The molecule has 27 heavy (non-hydrogen) atoms. The summed E-state index contributed by atoms with van der Waals surface area (Å²) in [7, 11) is 0. The number of benzene rings is 2. The normalized spacial score (nSPS) is 16.6. The lowest BCUT2D eigenvalue weighted by Gasteiger charge is -2.32. The van der Waals surface area contributed by atoms with Gasteiger partial charge in [0.2, 0.25) is 0 Å². The van der Waals surface area contributed by atoms with Crippen LogP contribution in [-0.2, 0) is 11.3 Å². The number of hydrogen-bond donors (Lipinski definition) is 2. The van der Waals surface area contributed by atoms with E-state index in [1.165, 1.54) is 16.3 Å². The summed E-state index contributed by atoms with van der Waals surface area (Å²) in [5.74, 6) is 0.876. The predicted octanol–water partition coefficient (Wildman–Crippen LogP) is 3.23. The molecule has 3 rings (SSSR count). The van der Waals surface area contributed by atoms with Crippen molar-refractivity contribution in [3.63, 3.8) is 0 Å². The number of nitrogens with one attached hydrogen (secondary N) is 2. The van der Waals surface area contributed by atoms with Crippen LogP contribution in [0.1, 0.15) is 19.4 Å². The van der Waals surface area contributed by atoms with Gasteiger partial charge in [-0.3, -0.25) is 4.90 Å². The Morgan fingerprint density at radius 1 is 1.11 bits per heavy atom. The first kappa shape index (κ1) is 21.9. The number of halogens is 1. The second-order valence-electron chi connectivity index (χ2n) is 6.71. The van der Waals surface area contributed by atoms with Crippen LogP contribution < -0.4 is 10.6 Å². The van der Waals surface area contributed by atoms with E-state index in [0.29, 0.717) is 12.6 Å². The highest BCUT2D eigenvalue weighted by Gasteiger charge is 2.17. The molecule has 6 heteroatoms. The summed E-state index contributed by atoms with van der Waals surface area (Å²) in [6.45, 7) is 10.4. The van der Waals surface area contributed by atoms with Gasteiger partial charge in [0.05, 0.1) is 19.8 Å². The summed E-state index contributed by atoms with van der Waals surface area (Å²) in [5.41, 5.74) is 1.25. The van der Waals surface area contributed by atoms with Crippen molar-refractivity contribution in [3.05, 3.63) is 48.0 Å². The molecule has 1 fully saturated rings. The first-order chi connectivity index (χ1) is 12.8. The molecule has 1 saturated heterocycles. The molecular weight excluding hydrogens is 451 g/mol. The van der Waals surface area contributed by atoms with E-state index < -0.39 is 0 Å². The topological polar surface area (TPSA) is 48.9 Å². The zero-order valence-electron chi connectivity index (χ0n) is 16.3. The molecule has 0 amide bonds. The Morgan fingerprint density at radius 2 is 1.85 bits per heavy atom. The van der Waals surface area contributed by atoms with Gasteiger partial charge in [-0.05, 0) is 30.2 Å². The maximum absolute atomic E-state index is 5.44. The van der Waals surface area contributed by atoms with E-state index in [2.05, 4.69) is 71.8 Å². The van der Waals surface area contributed by atoms with Gasteiger partial charge in [0.15, 0.2) is 5.96 Å². The number of aliphatic imine (C=N–C) groups is 1. The van der Waals surface area contributed by atoms with Gasteiger partial charge in [-0.1, -0.05) is 42.5 Å². The average Bonchev–Trinajstić information content (AvgIpc) is 2.70. The average molecular weight is 482 g/mol. The smallest absolute Gasteiger partial charge is 0.191 e. The van der Waals surface area contributed by atoms with Crippen LogP contribution in [0.15, 0.2) is 47.5 Å². The molecule has 2 aromatic carbocycles. The van der Waals surface area contributed by atoms with Gasteiger partial charge in [-0.25, -0.2) is 4.99 Å². The van der Waals surface area contributed by atoms with Gasteiger partial charge >= 0.3 is 0 Å². The minimum absolute atomic E-state index is 0. The Labute approximate surface area is 179 Å². The van der Waals surface area contributed by atoms with Crippen molar-refractivity contribution in [2.45, 2.75) is 26.4 Å². The van der Waals surface area contributed by atoms with E-state index in [1.807, 2.05) is 0 Å². The van der Waals surface area contributed by atoms with Crippen molar-refractivity contribution in [1.82, 2.24) is 15.5 Å². The standard InChI is InChI=1S/C21H30N4O.HI/c1-3-22-21(23-15-17(2)25-11-13-26-14-12-25)24-16-19-9-6-8-18-7-4-5-10-20(18)19;/h4-10,17H,3,11-16H2,1-2H3,(H2,22,23,24);1H. The molecule has 0 radical (unpaired) electrons. The number of guanidine groups is 1. The van der Waals surface area contributed by atoms with E-state index >= 15 is 0 Å². The highest BCUT2D eigenvalue weighted by Crippen LogP contribution is 2.19. The van der Waals surface area contributed by atoms with Crippen molar-refractivity contribution in [3.8, 4) is 0 Å². The molecule has 1 heterocycles. The van der Waals surface area contributed by atoms with E-state index in [4.69, 9.17) is 9.73 Å². The van der Waals surface area contributed by atoms with Crippen molar-refractivity contribution in [2.24, 2.45) is 4.99 Å². The molecule has 1 atom stereocenters. The number of rotatable bonds is 6. The van der Waals surface area contributed by atoms with Gasteiger partial charge in [-0.2, -0.15) is 0 Å². The van der Waals surface area contributed by atoms with E-state index in [-0.39, 0.29) is 24.0 Å². The fourth-order valence-corrected chi connectivity index (χ4v) is 3.33. The maximum atomic E-state index is 5.44.